The predicted molar refractivity (Wildman–Crippen MR) is 136 cm³/mol. The molecule has 1 aliphatic heterocycles. The summed E-state index contributed by atoms with van der Waals surface area (Å²) in [6.07, 6.45) is 3.77. The van der Waals surface area contributed by atoms with E-state index >= 15 is 0 Å². The number of likely N-dealkylation sites (N-methyl/N-ethyl adjacent to an activating group) is 1. The molecule has 4 rings (SSSR count). The zero-order chi connectivity index (χ0) is 24.2. The van der Waals surface area contributed by atoms with Crippen molar-refractivity contribution in [3.63, 3.8) is 0 Å². The van der Waals surface area contributed by atoms with Crippen molar-refractivity contribution in [2.24, 2.45) is 0 Å². The largest absolute Gasteiger partial charge is 0.457 e. The summed E-state index contributed by atoms with van der Waals surface area (Å²) in [5.74, 6) is 1.31. The van der Waals surface area contributed by atoms with E-state index < -0.39 is 0 Å². The van der Waals surface area contributed by atoms with Crippen molar-refractivity contribution in [2.75, 3.05) is 26.0 Å². The van der Waals surface area contributed by atoms with Crippen molar-refractivity contribution in [1.82, 2.24) is 15.2 Å². The lowest BCUT2D eigenvalue weighted by Gasteiger charge is -2.44. The van der Waals surface area contributed by atoms with Crippen LogP contribution in [0.1, 0.15) is 35.3 Å². The Kier molecular flexibility index (Phi) is 6.93. The molecule has 0 unspecified atom stereocenters. The second kappa shape index (κ2) is 10.1. The number of carbonyl (C=O) groups is 1. The first-order valence-corrected chi connectivity index (χ1v) is 11.5. The third-order valence-corrected chi connectivity index (χ3v) is 6.52. The Hall–Kier alpha value is -3.71. The molecule has 2 heterocycles. The minimum atomic E-state index is -0.0212. The Bertz CT molecular complexity index is 1210. The summed E-state index contributed by atoms with van der Waals surface area (Å²) in [7, 11) is 3.88. The maximum absolute atomic E-state index is 12.9. The average molecular weight is 458 g/mol. The van der Waals surface area contributed by atoms with E-state index in [2.05, 4.69) is 41.4 Å². The molecule has 0 spiro atoms. The van der Waals surface area contributed by atoms with Gasteiger partial charge in [0.1, 0.15) is 11.5 Å². The van der Waals surface area contributed by atoms with Crippen LogP contribution in [0.4, 0.5) is 5.69 Å². The number of pyridine rings is 1. The molecule has 34 heavy (non-hydrogen) atoms. The van der Waals surface area contributed by atoms with E-state index in [0.29, 0.717) is 23.1 Å². The molecule has 7 nitrogen and oxygen atoms in total. The molecule has 1 fully saturated rings. The highest BCUT2D eigenvalue weighted by Crippen LogP contribution is 2.29. The molecule has 2 atom stereocenters. The van der Waals surface area contributed by atoms with Crippen LogP contribution in [0.5, 0.6) is 11.5 Å². The number of amides is 1. The summed E-state index contributed by atoms with van der Waals surface area (Å²) in [6, 6.07) is 15.7. The van der Waals surface area contributed by atoms with Gasteiger partial charge in [-0.3, -0.25) is 14.7 Å². The Morgan fingerprint density at radius 2 is 2.00 bits per heavy atom. The van der Waals surface area contributed by atoms with Gasteiger partial charge in [0.25, 0.3) is 5.91 Å². The average Bonchev–Trinajstić information content (AvgIpc) is 2.87. The van der Waals surface area contributed by atoms with E-state index in [4.69, 9.17) is 10.1 Å². The maximum atomic E-state index is 12.9. The molecular weight excluding hydrogens is 426 g/mol. The van der Waals surface area contributed by atoms with Gasteiger partial charge in [-0.15, -0.1) is 0 Å². The van der Waals surface area contributed by atoms with Crippen LogP contribution in [0.15, 0.2) is 54.7 Å². The lowest BCUT2D eigenvalue weighted by molar-refractivity contribution is 0.0661. The number of rotatable bonds is 8. The van der Waals surface area contributed by atoms with Crippen LogP contribution in [-0.2, 0) is 6.42 Å². The number of anilines is 1. The number of aryl methyl sites for hydroxylation is 1. The first-order valence-electron chi connectivity index (χ1n) is 11.5. The molecule has 0 radical (unpaired) electrons. The second-order valence-electron chi connectivity index (χ2n) is 8.61. The van der Waals surface area contributed by atoms with E-state index in [-0.39, 0.29) is 11.9 Å². The van der Waals surface area contributed by atoms with Gasteiger partial charge in [-0.1, -0.05) is 13.0 Å². The van der Waals surface area contributed by atoms with Gasteiger partial charge in [-0.25, -0.2) is 0 Å². The Labute approximate surface area is 200 Å². The van der Waals surface area contributed by atoms with E-state index in [1.165, 1.54) is 6.21 Å². The quantitative estimate of drug-likeness (QED) is 0.431. The zero-order valence-corrected chi connectivity index (χ0v) is 20.1. The summed E-state index contributed by atoms with van der Waals surface area (Å²) in [5.41, 5.74) is 5.03. The van der Waals surface area contributed by atoms with Crippen LogP contribution >= 0.6 is 0 Å². The van der Waals surface area contributed by atoms with Crippen molar-refractivity contribution in [1.29, 1.82) is 5.41 Å². The van der Waals surface area contributed by atoms with Gasteiger partial charge in [-0.2, -0.15) is 0 Å². The molecule has 3 aromatic rings. The third-order valence-electron chi connectivity index (χ3n) is 6.52. The molecule has 1 aliphatic rings. The van der Waals surface area contributed by atoms with Gasteiger partial charge in [0.15, 0.2) is 0 Å². The normalized spacial score (nSPS) is 17.5. The monoisotopic (exact) mass is 457 g/mol. The molecule has 3 N–H and O–H groups in total. The molecule has 0 aliphatic carbocycles. The molecule has 1 amide bonds. The van der Waals surface area contributed by atoms with Gasteiger partial charge >= 0.3 is 0 Å². The van der Waals surface area contributed by atoms with Crippen molar-refractivity contribution in [2.45, 2.75) is 32.4 Å². The smallest absolute Gasteiger partial charge is 0.251 e. The van der Waals surface area contributed by atoms with Crippen LogP contribution in [0.3, 0.4) is 0 Å². The summed E-state index contributed by atoms with van der Waals surface area (Å²) in [6.45, 7) is 5.06. The number of nitrogens with zero attached hydrogens (tertiary/aromatic N) is 2. The number of hydrogen-bond donors (Lipinski definition) is 3. The summed E-state index contributed by atoms with van der Waals surface area (Å²) >= 11 is 0. The van der Waals surface area contributed by atoms with Gasteiger partial charge < -0.3 is 20.8 Å². The van der Waals surface area contributed by atoms with E-state index in [0.717, 1.165) is 41.0 Å². The fraction of sp³-hybridized carbons (Fsp3) is 0.296. The number of nitrogens with one attached hydrogen (secondary N) is 3. The number of ether oxygens (including phenoxy) is 1. The zero-order valence-electron chi connectivity index (χ0n) is 20.1. The number of aromatic nitrogens is 1. The van der Waals surface area contributed by atoms with Crippen LogP contribution in [-0.4, -0.2) is 54.7 Å². The molecular formula is C27H31N5O2. The van der Waals surface area contributed by atoms with Gasteiger partial charge in [-0.05, 0) is 56.3 Å². The van der Waals surface area contributed by atoms with Gasteiger partial charge in [0.05, 0.1) is 11.7 Å². The van der Waals surface area contributed by atoms with E-state index in [1.807, 2.05) is 55.6 Å². The minimum Gasteiger partial charge on any atom is -0.457 e. The number of likely N-dealkylation sites (tertiary alicyclic amines) is 1. The Morgan fingerprint density at radius 1 is 1.21 bits per heavy atom. The van der Waals surface area contributed by atoms with Crippen LogP contribution in [0, 0.1) is 5.41 Å². The van der Waals surface area contributed by atoms with Gasteiger partial charge in [0.2, 0.25) is 0 Å². The number of hydrogen-bond acceptors (Lipinski definition) is 6. The lowest BCUT2D eigenvalue weighted by Crippen LogP contribution is -2.63. The number of benzene rings is 2. The first kappa shape index (κ1) is 23.4. The third kappa shape index (κ3) is 4.79. The molecule has 2 aromatic carbocycles. The van der Waals surface area contributed by atoms with E-state index in [9.17, 15) is 4.79 Å². The standard InChI is InChI=1S/C27H31N5O2/c1-5-18-12-19(7-9-23(18)27(33)31-26-16-32(4)17(26)2)25-14-22(10-11-30-25)34-21-8-6-20(15-28)24(13-21)29-3/h6-15,17,26,28-29H,5,16H2,1-4H3,(H,31,33)/t17-,26-/m0/s1. The van der Waals surface area contributed by atoms with Crippen molar-refractivity contribution >= 4 is 17.8 Å². The fourth-order valence-corrected chi connectivity index (χ4v) is 4.19. The predicted octanol–water partition coefficient (Wildman–Crippen LogP) is 4.57. The molecule has 0 bridgehead atoms. The molecule has 0 saturated carbocycles. The van der Waals surface area contributed by atoms with Gasteiger partial charge in [0, 0.05) is 66.6 Å². The SMILES string of the molecule is CCc1cc(-c2cc(Oc3ccc(C=N)c(NC)c3)ccn2)ccc1C(=O)N[C@H]1CN(C)[C@H]1C. The molecule has 1 aromatic heterocycles. The highest BCUT2D eigenvalue weighted by Gasteiger charge is 2.33. The second-order valence-corrected chi connectivity index (χ2v) is 8.61. The summed E-state index contributed by atoms with van der Waals surface area (Å²) in [4.78, 5) is 19.6. The molecule has 7 heteroatoms. The molecule has 176 valence electrons. The Morgan fingerprint density at radius 3 is 2.68 bits per heavy atom. The minimum absolute atomic E-state index is 0.0212. The topological polar surface area (TPSA) is 90.3 Å². The highest BCUT2D eigenvalue weighted by atomic mass is 16.5. The van der Waals surface area contributed by atoms with Crippen molar-refractivity contribution in [3.05, 3.63) is 71.4 Å². The van der Waals surface area contributed by atoms with Crippen LogP contribution in [0.25, 0.3) is 11.3 Å². The van der Waals surface area contributed by atoms with Crippen molar-refractivity contribution < 1.29 is 9.53 Å². The van der Waals surface area contributed by atoms with Crippen LogP contribution < -0.4 is 15.4 Å². The summed E-state index contributed by atoms with van der Waals surface area (Å²) in [5, 5.41) is 13.7. The fourth-order valence-electron chi connectivity index (χ4n) is 4.19. The summed E-state index contributed by atoms with van der Waals surface area (Å²) < 4.78 is 6.06. The highest BCUT2D eigenvalue weighted by molar-refractivity contribution is 5.96. The maximum Gasteiger partial charge on any atom is 0.251 e. The number of carbonyl (C=O) groups excluding carboxylic acids is 1. The lowest BCUT2D eigenvalue weighted by atomic mass is 9.96. The van der Waals surface area contributed by atoms with Crippen LogP contribution in [0.2, 0.25) is 0 Å². The first-order chi connectivity index (χ1) is 16.4. The Balaban J connectivity index is 1.54. The molecule has 1 saturated heterocycles. The van der Waals surface area contributed by atoms with Crippen molar-refractivity contribution in [3.8, 4) is 22.8 Å². The van der Waals surface area contributed by atoms with E-state index in [1.54, 1.807) is 6.20 Å².